The molecule has 92 valence electrons. The maximum atomic E-state index is 11.7. The smallest absolute Gasteiger partial charge is 0.338 e. The van der Waals surface area contributed by atoms with Crippen LogP contribution in [0, 0.1) is 0 Å². The van der Waals surface area contributed by atoms with Gasteiger partial charge in [0.25, 0.3) is 0 Å². The van der Waals surface area contributed by atoms with Crippen LogP contribution >= 0.6 is 23.2 Å². The van der Waals surface area contributed by atoms with Crippen molar-refractivity contribution in [3.8, 4) is 0 Å². The van der Waals surface area contributed by atoms with E-state index in [4.69, 9.17) is 27.9 Å². The van der Waals surface area contributed by atoms with Gasteiger partial charge in [-0.25, -0.2) is 9.78 Å². The summed E-state index contributed by atoms with van der Waals surface area (Å²) in [5, 5.41) is 0.983. The summed E-state index contributed by atoms with van der Waals surface area (Å²) in [7, 11) is 0. The van der Waals surface area contributed by atoms with E-state index in [9.17, 15) is 4.79 Å². The van der Waals surface area contributed by atoms with Crippen molar-refractivity contribution in [3.05, 3.63) is 63.9 Å². The normalized spacial score (nSPS) is 10.1. The maximum Gasteiger partial charge on any atom is 0.338 e. The summed E-state index contributed by atoms with van der Waals surface area (Å²) in [6.07, 6.45) is 1.57. The van der Waals surface area contributed by atoms with Gasteiger partial charge in [0, 0.05) is 16.8 Å². The van der Waals surface area contributed by atoms with Crippen molar-refractivity contribution in [2.45, 2.75) is 6.61 Å². The molecular weight excluding hydrogens is 273 g/mol. The molecule has 1 heterocycles. The predicted octanol–water partition coefficient (Wildman–Crippen LogP) is 3.75. The summed E-state index contributed by atoms with van der Waals surface area (Å²) in [6, 6.07) is 9.91. The van der Waals surface area contributed by atoms with E-state index in [0.717, 1.165) is 5.56 Å². The van der Waals surface area contributed by atoms with E-state index in [1.54, 1.807) is 42.6 Å². The first-order valence-electron chi connectivity index (χ1n) is 5.18. The summed E-state index contributed by atoms with van der Waals surface area (Å²) in [5.74, 6) is -0.401. The van der Waals surface area contributed by atoms with E-state index in [2.05, 4.69) is 4.98 Å². The molecule has 0 fully saturated rings. The van der Waals surface area contributed by atoms with Gasteiger partial charge in [0.2, 0.25) is 0 Å². The Bertz CT molecular complexity index is 538. The van der Waals surface area contributed by atoms with Crippen molar-refractivity contribution in [2.24, 2.45) is 0 Å². The lowest BCUT2D eigenvalue weighted by Crippen LogP contribution is -2.05. The number of benzene rings is 1. The summed E-state index contributed by atoms with van der Waals surface area (Å²) < 4.78 is 5.13. The lowest BCUT2D eigenvalue weighted by atomic mass is 10.2. The zero-order valence-electron chi connectivity index (χ0n) is 9.27. The van der Waals surface area contributed by atoms with Crippen LogP contribution in [0.25, 0.3) is 0 Å². The van der Waals surface area contributed by atoms with E-state index in [1.165, 1.54) is 0 Å². The molecule has 0 aliphatic rings. The van der Waals surface area contributed by atoms with Crippen LogP contribution in [0.3, 0.4) is 0 Å². The number of aromatic nitrogens is 1. The van der Waals surface area contributed by atoms with Crippen LogP contribution in [0.2, 0.25) is 10.2 Å². The van der Waals surface area contributed by atoms with Gasteiger partial charge in [-0.3, -0.25) is 0 Å². The number of rotatable bonds is 3. The van der Waals surface area contributed by atoms with E-state index in [1.807, 2.05) is 0 Å². The Kier molecular flexibility index (Phi) is 4.18. The average molecular weight is 282 g/mol. The average Bonchev–Trinajstić information content (AvgIpc) is 2.38. The van der Waals surface area contributed by atoms with Crippen LogP contribution in [-0.4, -0.2) is 11.0 Å². The second-order valence-electron chi connectivity index (χ2n) is 3.57. The third-order valence-electron chi connectivity index (χ3n) is 2.24. The molecule has 0 radical (unpaired) electrons. The van der Waals surface area contributed by atoms with E-state index >= 15 is 0 Å². The maximum absolute atomic E-state index is 11.7. The van der Waals surface area contributed by atoms with Gasteiger partial charge in [-0.15, -0.1) is 0 Å². The number of esters is 1. The second kappa shape index (κ2) is 5.85. The molecule has 1 aromatic carbocycles. The lowest BCUT2D eigenvalue weighted by molar-refractivity contribution is 0.0472. The highest BCUT2D eigenvalue weighted by atomic mass is 35.5. The third kappa shape index (κ3) is 3.45. The van der Waals surface area contributed by atoms with Crippen LogP contribution in [0.1, 0.15) is 15.9 Å². The summed E-state index contributed by atoms with van der Waals surface area (Å²) in [5.41, 5.74) is 1.24. The molecule has 1 aromatic heterocycles. The molecule has 3 nitrogen and oxygen atoms in total. The van der Waals surface area contributed by atoms with Gasteiger partial charge in [0.05, 0.1) is 5.56 Å². The molecular formula is C13H9Cl2NO2. The van der Waals surface area contributed by atoms with Gasteiger partial charge >= 0.3 is 5.97 Å². The minimum atomic E-state index is -0.401. The van der Waals surface area contributed by atoms with E-state index < -0.39 is 5.97 Å². The van der Waals surface area contributed by atoms with Crippen LogP contribution in [-0.2, 0) is 11.3 Å². The fourth-order valence-corrected chi connectivity index (χ4v) is 1.55. The van der Waals surface area contributed by atoms with Gasteiger partial charge in [-0.1, -0.05) is 29.3 Å². The number of nitrogens with zero attached hydrogens (tertiary/aromatic N) is 1. The summed E-state index contributed by atoms with van der Waals surface area (Å²) >= 11 is 11.4. The number of hydrogen-bond donors (Lipinski definition) is 0. The number of pyridine rings is 1. The molecule has 2 aromatic rings. The minimum absolute atomic E-state index is 0.158. The predicted molar refractivity (Wildman–Crippen MR) is 69.8 cm³/mol. The van der Waals surface area contributed by atoms with Gasteiger partial charge < -0.3 is 4.74 Å². The molecule has 0 aliphatic heterocycles. The lowest BCUT2D eigenvalue weighted by Gasteiger charge is -2.04. The van der Waals surface area contributed by atoms with Crippen molar-refractivity contribution in [2.75, 3.05) is 0 Å². The highest BCUT2D eigenvalue weighted by Gasteiger charge is 2.07. The molecule has 2 rings (SSSR count). The fourth-order valence-electron chi connectivity index (χ4n) is 1.31. The quantitative estimate of drug-likeness (QED) is 0.635. The third-order valence-corrected chi connectivity index (χ3v) is 2.71. The van der Waals surface area contributed by atoms with Crippen molar-refractivity contribution in [1.82, 2.24) is 4.98 Å². The Hall–Kier alpha value is -1.58. The van der Waals surface area contributed by atoms with Crippen LogP contribution in [0.4, 0.5) is 0 Å². The van der Waals surface area contributed by atoms with Crippen LogP contribution in [0.15, 0.2) is 42.6 Å². The number of carbonyl (C=O) groups is 1. The number of halogens is 2. The van der Waals surface area contributed by atoms with Gasteiger partial charge in [-0.05, 0) is 30.3 Å². The molecule has 0 aliphatic carbocycles. The van der Waals surface area contributed by atoms with Crippen LogP contribution in [0.5, 0.6) is 0 Å². The molecule has 5 heteroatoms. The SMILES string of the molecule is O=C(OCc1ccc(Cl)nc1)c1ccc(Cl)cc1. The second-order valence-corrected chi connectivity index (χ2v) is 4.40. The Balaban J connectivity index is 1.96. The van der Waals surface area contributed by atoms with E-state index in [-0.39, 0.29) is 6.61 Å². The Labute approximate surface area is 114 Å². The Morgan fingerprint density at radius 3 is 2.44 bits per heavy atom. The minimum Gasteiger partial charge on any atom is -0.457 e. The molecule has 0 atom stereocenters. The number of hydrogen-bond acceptors (Lipinski definition) is 3. The first-order chi connectivity index (χ1) is 8.65. The zero-order chi connectivity index (χ0) is 13.0. The zero-order valence-corrected chi connectivity index (χ0v) is 10.8. The number of carbonyl (C=O) groups excluding carboxylic acids is 1. The van der Waals surface area contributed by atoms with Crippen molar-refractivity contribution in [3.63, 3.8) is 0 Å². The first-order valence-corrected chi connectivity index (χ1v) is 5.94. The van der Waals surface area contributed by atoms with Crippen molar-refractivity contribution in [1.29, 1.82) is 0 Å². The molecule has 0 bridgehead atoms. The van der Waals surface area contributed by atoms with Crippen molar-refractivity contribution < 1.29 is 9.53 Å². The standard InChI is InChI=1S/C13H9Cl2NO2/c14-11-4-2-10(3-5-11)13(17)18-8-9-1-6-12(15)16-7-9/h1-7H,8H2. The largest absolute Gasteiger partial charge is 0.457 e. The Morgan fingerprint density at radius 2 is 1.83 bits per heavy atom. The monoisotopic (exact) mass is 281 g/mol. The van der Waals surface area contributed by atoms with Gasteiger partial charge in [0.1, 0.15) is 11.8 Å². The molecule has 0 spiro atoms. The van der Waals surface area contributed by atoms with Gasteiger partial charge in [-0.2, -0.15) is 0 Å². The fraction of sp³-hybridized carbons (Fsp3) is 0.0769. The first kappa shape index (κ1) is 12.9. The molecule has 18 heavy (non-hydrogen) atoms. The van der Waals surface area contributed by atoms with Gasteiger partial charge in [0.15, 0.2) is 0 Å². The van der Waals surface area contributed by atoms with Crippen LogP contribution < -0.4 is 0 Å². The molecule has 0 amide bonds. The molecule has 0 saturated carbocycles. The molecule has 0 N–H and O–H groups in total. The molecule has 0 unspecified atom stereocenters. The number of ether oxygens (including phenoxy) is 1. The Morgan fingerprint density at radius 1 is 1.11 bits per heavy atom. The van der Waals surface area contributed by atoms with E-state index in [0.29, 0.717) is 15.7 Å². The molecule has 0 saturated heterocycles. The highest BCUT2D eigenvalue weighted by Crippen LogP contribution is 2.12. The van der Waals surface area contributed by atoms with Crippen molar-refractivity contribution >= 4 is 29.2 Å². The summed E-state index contributed by atoms with van der Waals surface area (Å²) in [6.45, 7) is 0.158. The summed E-state index contributed by atoms with van der Waals surface area (Å²) in [4.78, 5) is 15.6. The topological polar surface area (TPSA) is 39.2 Å². The highest BCUT2D eigenvalue weighted by molar-refractivity contribution is 6.30.